The maximum Gasteiger partial charge on any atom is 0.0220 e. The molecule has 0 aromatic carbocycles. The molecule has 0 heterocycles. The molecule has 0 bridgehead atoms. The summed E-state index contributed by atoms with van der Waals surface area (Å²) in [6.45, 7) is 11.7. The molecule has 0 aliphatic heterocycles. The van der Waals surface area contributed by atoms with E-state index in [1.807, 2.05) is 0 Å². The minimum Gasteiger partial charge on any atom is -0.299 e. The van der Waals surface area contributed by atoms with Gasteiger partial charge in [-0.3, -0.25) is 4.90 Å². The lowest BCUT2D eigenvalue weighted by atomic mass is 10.0. The minimum absolute atomic E-state index is 1.28. The summed E-state index contributed by atoms with van der Waals surface area (Å²) in [6.07, 6.45) is 37.7. The van der Waals surface area contributed by atoms with Crippen LogP contribution in [-0.2, 0) is 0 Å². The first-order valence-corrected chi connectivity index (χ1v) is 15.9. The summed E-state index contributed by atoms with van der Waals surface area (Å²) in [5, 5.41) is 0. The van der Waals surface area contributed by atoms with Crippen LogP contribution in [-0.4, -0.2) is 18.0 Å². The van der Waals surface area contributed by atoms with Gasteiger partial charge in [-0.05, 0) is 32.9 Å². The second kappa shape index (κ2) is 30.0. The van der Waals surface area contributed by atoms with Gasteiger partial charge in [-0.15, -0.1) is 0 Å². The molecule has 0 aliphatic rings. The van der Waals surface area contributed by atoms with Crippen LogP contribution in [0.4, 0.5) is 0 Å². The second-order valence-corrected chi connectivity index (χ2v) is 10.8. The standard InChI is InChI=1S/C32H66N/c1-4-7-9-11-13-15-17-19-21-23-25-27-29-31-33(6-3)32-30-28-26-24-22-20-18-16-14-12-10-8-5-2/h6H,4-5,7-32H2,1-3H3. The molecule has 0 spiro atoms. The molecule has 1 heteroatoms. The van der Waals surface area contributed by atoms with Crippen LogP contribution in [0.1, 0.15) is 188 Å². The number of unbranched alkanes of at least 4 members (excludes halogenated alkanes) is 24. The van der Waals surface area contributed by atoms with Crippen molar-refractivity contribution in [1.82, 2.24) is 4.90 Å². The van der Waals surface area contributed by atoms with Gasteiger partial charge in [-0.1, -0.05) is 168 Å². The minimum atomic E-state index is 1.28. The Kier molecular flexibility index (Phi) is 30.0. The van der Waals surface area contributed by atoms with Gasteiger partial charge in [0.05, 0.1) is 0 Å². The third-order valence-electron chi connectivity index (χ3n) is 7.46. The normalized spacial score (nSPS) is 11.6. The van der Waals surface area contributed by atoms with E-state index in [2.05, 4.69) is 32.2 Å². The molecule has 0 saturated carbocycles. The monoisotopic (exact) mass is 465 g/mol. The average Bonchev–Trinajstić information content (AvgIpc) is 2.83. The number of rotatable bonds is 29. The lowest BCUT2D eigenvalue weighted by Crippen LogP contribution is -2.22. The van der Waals surface area contributed by atoms with Crippen molar-refractivity contribution in [1.29, 1.82) is 0 Å². The highest BCUT2D eigenvalue weighted by Crippen LogP contribution is 2.14. The first-order chi connectivity index (χ1) is 16.3. The molecule has 0 rings (SSSR count). The Bertz CT molecular complexity index is 296. The van der Waals surface area contributed by atoms with Crippen LogP contribution in [0.3, 0.4) is 0 Å². The zero-order valence-electron chi connectivity index (χ0n) is 23.8. The largest absolute Gasteiger partial charge is 0.299 e. The summed E-state index contributed by atoms with van der Waals surface area (Å²) in [7, 11) is 0. The Balaban J connectivity index is 3.26. The summed E-state index contributed by atoms with van der Waals surface area (Å²) >= 11 is 0. The zero-order chi connectivity index (χ0) is 24.1. The van der Waals surface area contributed by atoms with Crippen LogP contribution in [0, 0.1) is 6.54 Å². The summed E-state index contributed by atoms with van der Waals surface area (Å²) in [5.74, 6) is 0. The van der Waals surface area contributed by atoms with Gasteiger partial charge in [-0.25, -0.2) is 0 Å². The van der Waals surface area contributed by atoms with Crippen LogP contribution >= 0.6 is 0 Å². The maximum absolute atomic E-state index is 2.58. The van der Waals surface area contributed by atoms with Gasteiger partial charge in [0.25, 0.3) is 0 Å². The number of nitrogens with zero attached hydrogens (tertiary/aromatic N) is 1. The van der Waals surface area contributed by atoms with Crippen molar-refractivity contribution in [2.24, 2.45) is 0 Å². The predicted molar refractivity (Wildman–Crippen MR) is 153 cm³/mol. The molecule has 0 atom stereocenters. The molecule has 0 amide bonds. The fourth-order valence-electron chi connectivity index (χ4n) is 5.04. The van der Waals surface area contributed by atoms with E-state index in [0.717, 1.165) is 0 Å². The SMILES string of the molecule is C[CH]N(CCCCCCCCCCCCCCC)CCCCCCCCCCCCCCC. The molecular formula is C32H66N. The van der Waals surface area contributed by atoms with Gasteiger partial charge in [0.2, 0.25) is 0 Å². The van der Waals surface area contributed by atoms with E-state index in [-0.39, 0.29) is 0 Å². The van der Waals surface area contributed by atoms with Crippen LogP contribution in [0.2, 0.25) is 0 Å². The third-order valence-corrected chi connectivity index (χ3v) is 7.46. The Morgan fingerprint density at radius 1 is 0.333 bits per heavy atom. The summed E-state index contributed by atoms with van der Waals surface area (Å²) in [5.41, 5.74) is 0. The van der Waals surface area contributed by atoms with E-state index in [0.29, 0.717) is 0 Å². The van der Waals surface area contributed by atoms with Crippen molar-refractivity contribution in [2.75, 3.05) is 13.1 Å². The van der Waals surface area contributed by atoms with E-state index < -0.39 is 0 Å². The zero-order valence-corrected chi connectivity index (χ0v) is 23.8. The summed E-state index contributed by atoms with van der Waals surface area (Å²) in [4.78, 5) is 2.58. The quantitative estimate of drug-likeness (QED) is 0.0994. The van der Waals surface area contributed by atoms with Crippen LogP contribution in [0.5, 0.6) is 0 Å². The number of hydrogen-bond donors (Lipinski definition) is 0. The number of hydrogen-bond acceptors (Lipinski definition) is 1. The van der Waals surface area contributed by atoms with Gasteiger partial charge in [-0.2, -0.15) is 0 Å². The van der Waals surface area contributed by atoms with Gasteiger partial charge < -0.3 is 0 Å². The first kappa shape index (κ1) is 33.0. The summed E-state index contributed by atoms with van der Waals surface area (Å²) < 4.78 is 0. The van der Waals surface area contributed by atoms with E-state index in [9.17, 15) is 0 Å². The maximum atomic E-state index is 2.58. The molecule has 0 aliphatic carbocycles. The first-order valence-electron chi connectivity index (χ1n) is 15.9. The lowest BCUT2D eigenvalue weighted by Gasteiger charge is -2.19. The van der Waals surface area contributed by atoms with Crippen LogP contribution in [0.15, 0.2) is 0 Å². The van der Waals surface area contributed by atoms with Gasteiger partial charge in [0, 0.05) is 6.54 Å². The molecule has 33 heavy (non-hydrogen) atoms. The molecule has 0 aromatic heterocycles. The molecular weight excluding hydrogens is 398 g/mol. The Hall–Kier alpha value is -0.0400. The van der Waals surface area contributed by atoms with Gasteiger partial charge in [0.15, 0.2) is 0 Å². The highest BCUT2D eigenvalue weighted by molar-refractivity contribution is 4.64. The molecule has 0 fully saturated rings. The lowest BCUT2D eigenvalue weighted by molar-refractivity contribution is 0.316. The average molecular weight is 465 g/mol. The van der Waals surface area contributed by atoms with E-state index in [1.54, 1.807) is 0 Å². The highest BCUT2D eigenvalue weighted by atomic mass is 15.1. The predicted octanol–water partition coefficient (Wildman–Crippen LogP) is 11.7. The van der Waals surface area contributed by atoms with Crippen molar-refractivity contribution in [3.63, 3.8) is 0 Å². The topological polar surface area (TPSA) is 3.24 Å². The van der Waals surface area contributed by atoms with E-state index in [4.69, 9.17) is 0 Å². The van der Waals surface area contributed by atoms with Crippen molar-refractivity contribution in [2.45, 2.75) is 188 Å². The van der Waals surface area contributed by atoms with Crippen molar-refractivity contribution in [3.8, 4) is 0 Å². The van der Waals surface area contributed by atoms with E-state index >= 15 is 0 Å². The fourth-order valence-corrected chi connectivity index (χ4v) is 5.04. The summed E-state index contributed by atoms with van der Waals surface area (Å²) in [6, 6.07) is 0. The molecule has 1 nitrogen and oxygen atoms in total. The van der Waals surface area contributed by atoms with Crippen molar-refractivity contribution >= 4 is 0 Å². The van der Waals surface area contributed by atoms with Crippen LogP contribution < -0.4 is 0 Å². The van der Waals surface area contributed by atoms with Crippen molar-refractivity contribution < 1.29 is 0 Å². The Morgan fingerprint density at radius 3 is 0.758 bits per heavy atom. The molecule has 199 valence electrons. The molecule has 1 radical (unpaired) electrons. The molecule has 0 unspecified atom stereocenters. The molecule has 0 saturated heterocycles. The Morgan fingerprint density at radius 2 is 0.545 bits per heavy atom. The molecule has 0 aromatic rings. The Labute approximate surface area is 212 Å². The smallest absolute Gasteiger partial charge is 0.0220 e. The highest BCUT2D eigenvalue weighted by Gasteiger charge is 2.02. The van der Waals surface area contributed by atoms with Gasteiger partial charge in [0.1, 0.15) is 0 Å². The van der Waals surface area contributed by atoms with Gasteiger partial charge >= 0.3 is 0 Å². The van der Waals surface area contributed by atoms with E-state index in [1.165, 1.54) is 180 Å². The second-order valence-electron chi connectivity index (χ2n) is 10.8. The molecule has 0 N–H and O–H groups in total. The third kappa shape index (κ3) is 28.1. The fraction of sp³-hybridized carbons (Fsp3) is 0.969. The van der Waals surface area contributed by atoms with Crippen molar-refractivity contribution in [3.05, 3.63) is 6.54 Å². The van der Waals surface area contributed by atoms with Crippen LogP contribution in [0.25, 0.3) is 0 Å².